The Labute approximate surface area is 227 Å². The summed E-state index contributed by atoms with van der Waals surface area (Å²) >= 11 is 6.40. The summed E-state index contributed by atoms with van der Waals surface area (Å²) in [5.74, 6) is 1.94. The predicted molar refractivity (Wildman–Crippen MR) is 157 cm³/mol. The van der Waals surface area contributed by atoms with Gasteiger partial charge in [0.1, 0.15) is 0 Å². The van der Waals surface area contributed by atoms with Crippen LogP contribution in [0.25, 0.3) is 56.4 Å². The van der Waals surface area contributed by atoms with Crippen molar-refractivity contribution in [2.75, 3.05) is 0 Å². The first-order chi connectivity index (χ1) is 18.6. The van der Waals surface area contributed by atoms with Crippen molar-refractivity contribution in [1.82, 2.24) is 15.0 Å². The van der Waals surface area contributed by atoms with Gasteiger partial charge in [-0.15, -0.1) is 0 Å². The second-order valence-electron chi connectivity index (χ2n) is 9.16. The smallest absolute Gasteiger partial charge is 0.164 e. The van der Waals surface area contributed by atoms with E-state index in [1.807, 2.05) is 85.8 Å². The average molecular weight is 510 g/mol. The van der Waals surface area contributed by atoms with Crippen LogP contribution in [0.4, 0.5) is 0 Å². The van der Waals surface area contributed by atoms with Crippen molar-refractivity contribution in [2.24, 2.45) is 0 Å². The number of aromatic nitrogens is 3. The Kier molecular flexibility index (Phi) is 6.51. The van der Waals surface area contributed by atoms with Gasteiger partial charge in [-0.05, 0) is 52.9 Å². The molecule has 0 amide bonds. The molecule has 1 heterocycles. The van der Waals surface area contributed by atoms with Gasteiger partial charge in [0, 0.05) is 21.7 Å². The van der Waals surface area contributed by atoms with Gasteiger partial charge in [-0.25, -0.2) is 15.0 Å². The average Bonchev–Trinajstić information content (AvgIpc) is 2.99. The lowest BCUT2D eigenvalue weighted by atomic mass is 9.97. The molecule has 0 spiro atoms. The summed E-state index contributed by atoms with van der Waals surface area (Å²) in [5, 5.41) is 0.771. The Balaban J connectivity index is 1.43. The van der Waals surface area contributed by atoms with Crippen molar-refractivity contribution < 1.29 is 0 Å². The minimum atomic E-state index is 0.640. The van der Waals surface area contributed by atoms with Gasteiger partial charge in [0.25, 0.3) is 0 Å². The van der Waals surface area contributed by atoms with Crippen molar-refractivity contribution in [1.29, 1.82) is 0 Å². The Morgan fingerprint density at radius 1 is 0.395 bits per heavy atom. The van der Waals surface area contributed by atoms with Crippen molar-refractivity contribution in [3.63, 3.8) is 0 Å². The lowest BCUT2D eigenvalue weighted by Gasteiger charge is -2.10. The highest BCUT2D eigenvalue weighted by atomic mass is 35.5. The molecule has 0 N–H and O–H groups in total. The molecule has 4 heteroatoms. The summed E-state index contributed by atoms with van der Waals surface area (Å²) in [6, 6.07) is 43.1. The number of rotatable bonds is 5. The monoisotopic (exact) mass is 509 g/mol. The highest BCUT2D eigenvalue weighted by Gasteiger charge is 2.13. The van der Waals surface area contributed by atoms with Gasteiger partial charge >= 0.3 is 0 Å². The normalized spacial score (nSPS) is 10.9. The Hall–Kier alpha value is -4.60. The van der Waals surface area contributed by atoms with Gasteiger partial charge in [0.05, 0.1) is 0 Å². The lowest BCUT2D eigenvalue weighted by Crippen LogP contribution is -2.00. The van der Waals surface area contributed by atoms with E-state index in [9.17, 15) is 0 Å². The maximum absolute atomic E-state index is 6.40. The molecule has 0 aliphatic carbocycles. The van der Waals surface area contributed by atoms with Gasteiger partial charge in [-0.3, -0.25) is 0 Å². The quantitative estimate of drug-likeness (QED) is 0.232. The third-order valence-corrected chi connectivity index (χ3v) is 6.93. The number of nitrogens with zero attached hydrogens (tertiary/aromatic N) is 3. The van der Waals surface area contributed by atoms with Gasteiger partial charge in [0.15, 0.2) is 17.5 Å². The van der Waals surface area contributed by atoms with Crippen LogP contribution < -0.4 is 0 Å². The SMILES string of the molecule is Cc1ccc(-c2cccc(-c3cccc(-c4nc(-c5ccccc5)nc(-c5ccccc5)n4)c3)c2)cc1Cl. The van der Waals surface area contributed by atoms with E-state index in [1.165, 1.54) is 0 Å². The van der Waals surface area contributed by atoms with Crippen molar-refractivity contribution in [3.8, 4) is 56.4 Å². The molecule has 0 atom stereocenters. The third kappa shape index (κ3) is 4.97. The summed E-state index contributed by atoms with van der Waals surface area (Å²) in [6.45, 7) is 2.02. The zero-order chi connectivity index (χ0) is 25.9. The van der Waals surface area contributed by atoms with Gasteiger partial charge < -0.3 is 0 Å². The van der Waals surface area contributed by atoms with Crippen LogP contribution in [0.5, 0.6) is 0 Å². The van der Waals surface area contributed by atoms with E-state index in [0.29, 0.717) is 17.5 Å². The number of benzene rings is 5. The molecule has 6 rings (SSSR count). The molecular weight excluding hydrogens is 486 g/mol. The molecule has 0 fully saturated rings. The van der Waals surface area contributed by atoms with Crippen molar-refractivity contribution in [2.45, 2.75) is 6.92 Å². The molecule has 0 aliphatic heterocycles. The summed E-state index contributed by atoms with van der Waals surface area (Å²) < 4.78 is 0. The largest absolute Gasteiger partial charge is 0.208 e. The van der Waals surface area contributed by atoms with Crippen molar-refractivity contribution >= 4 is 11.6 Å². The predicted octanol–water partition coefficient (Wildman–Crippen LogP) is 9.17. The number of halogens is 1. The van der Waals surface area contributed by atoms with E-state index in [-0.39, 0.29) is 0 Å². The first-order valence-corrected chi connectivity index (χ1v) is 12.9. The highest BCUT2D eigenvalue weighted by Crippen LogP contribution is 2.31. The molecule has 38 heavy (non-hydrogen) atoms. The van der Waals surface area contributed by atoms with E-state index >= 15 is 0 Å². The first kappa shape index (κ1) is 23.8. The standard InChI is InChI=1S/C34H24ClN3/c1-23-18-19-29(22-31(23)35)27-15-8-14-26(20-27)28-16-9-17-30(21-28)34-37-32(24-10-4-2-5-11-24)36-33(38-34)25-12-6-3-7-13-25/h2-22H,1H3. The minimum absolute atomic E-state index is 0.640. The molecule has 0 unspecified atom stereocenters. The van der Waals surface area contributed by atoms with Crippen LogP contribution in [-0.2, 0) is 0 Å². The summed E-state index contributed by atoms with van der Waals surface area (Å²) in [7, 11) is 0. The van der Waals surface area contributed by atoms with E-state index in [1.54, 1.807) is 0 Å². The van der Waals surface area contributed by atoms with Crippen LogP contribution in [0.15, 0.2) is 127 Å². The molecule has 0 aliphatic rings. The summed E-state index contributed by atoms with van der Waals surface area (Å²) in [5.41, 5.74) is 8.32. The fourth-order valence-corrected chi connectivity index (χ4v) is 4.61. The summed E-state index contributed by atoms with van der Waals surface area (Å²) in [6.07, 6.45) is 0. The van der Waals surface area contributed by atoms with Gasteiger partial charge in [-0.2, -0.15) is 0 Å². The molecule has 0 radical (unpaired) electrons. The molecule has 182 valence electrons. The summed E-state index contributed by atoms with van der Waals surface area (Å²) in [4.78, 5) is 14.6. The molecule has 0 saturated heterocycles. The Bertz CT molecular complexity index is 1670. The Morgan fingerprint density at radius 2 is 0.789 bits per heavy atom. The van der Waals surface area contributed by atoms with E-state index in [2.05, 4.69) is 48.5 Å². The lowest BCUT2D eigenvalue weighted by molar-refractivity contribution is 1.07. The highest BCUT2D eigenvalue weighted by molar-refractivity contribution is 6.31. The molecule has 3 nitrogen and oxygen atoms in total. The Morgan fingerprint density at radius 3 is 1.29 bits per heavy atom. The van der Waals surface area contributed by atoms with Crippen LogP contribution in [0.3, 0.4) is 0 Å². The van der Waals surface area contributed by atoms with Crippen LogP contribution in [0, 0.1) is 6.92 Å². The number of hydrogen-bond acceptors (Lipinski definition) is 3. The fourth-order valence-electron chi connectivity index (χ4n) is 4.43. The van der Waals surface area contributed by atoms with Crippen molar-refractivity contribution in [3.05, 3.63) is 138 Å². The zero-order valence-corrected chi connectivity index (χ0v) is 21.6. The topological polar surface area (TPSA) is 38.7 Å². The maximum atomic E-state index is 6.40. The maximum Gasteiger partial charge on any atom is 0.164 e. The molecule has 6 aromatic rings. The zero-order valence-electron chi connectivity index (χ0n) is 20.8. The first-order valence-electron chi connectivity index (χ1n) is 12.5. The van der Waals surface area contributed by atoms with Gasteiger partial charge in [0.2, 0.25) is 0 Å². The van der Waals surface area contributed by atoms with Crippen LogP contribution >= 0.6 is 11.6 Å². The molecule has 0 bridgehead atoms. The second-order valence-corrected chi connectivity index (χ2v) is 9.57. The number of hydrogen-bond donors (Lipinski definition) is 0. The minimum Gasteiger partial charge on any atom is -0.208 e. The molecule has 1 aromatic heterocycles. The molecule has 0 saturated carbocycles. The van der Waals surface area contributed by atoms with Crippen LogP contribution in [0.1, 0.15) is 5.56 Å². The fraction of sp³-hybridized carbons (Fsp3) is 0.0294. The van der Waals surface area contributed by atoms with Crippen LogP contribution in [-0.4, -0.2) is 15.0 Å². The van der Waals surface area contributed by atoms with E-state index in [4.69, 9.17) is 26.6 Å². The van der Waals surface area contributed by atoms with Crippen LogP contribution in [0.2, 0.25) is 5.02 Å². The van der Waals surface area contributed by atoms with Gasteiger partial charge in [-0.1, -0.05) is 121 Å². The third-order valence-electron chi connectivity index (χ3n) is 6.52. The molecule has 5 aromatic carbocycles. The van der Waals surface area contributed by atoms with E-state index in [0.717, 1.165) is 49.5 Å². The van der Waals surface area contributed by atoms with E-state index < -0.39 is 0 Å². The number of aryl methyl sites for hydroxylation is 1. The molecular formula is C34H24ClN3. The second kappa shape index (κ2) is 10.4.